The predicted octanol–water partition coefficient (Wildman–Crippen LogP) is 1.91. The Bertz CT molecular complexity index is 748. The van der Waals surface area contributed by atoms with Gasteiger partial charge in [-0.3, -0.25) is 0 Å². The highest BCUT2D eigenvalue weighted by atomic mass is 32.2. The molecule has 134 valence electrons. The quantitative estimate of drug-likeness (QED) is 0.649. The molecule has 0 fully saturated rings. The minimum atomic E-state index is -5.35. The molecule has 0 aromatic heterocycles. The Labute approximate surface area is 137 Å². The van der Waals surface area contributed by atoms with Gasteiger partial charge in [-0.05, 0) is 38.8 Å². The number of aryl methyl sites for hydroxylation is 3. The fraction of sp³-hybridized carbons (Fsp3) is 0.429. The first-order valence-corrected chi connectivity index (χ1v) is 8.17. The number of rotatable bonds is 4. The molecule has 0 aliphatic heterocycles. The Morgan fingerprint density at radius 2 is 1.58 bits per heavy atom. The van der Waals surface area contributed by atoms with Gasteiger partial charge in [0.15, 0.2) is 0 Å². The second kappa shape index (κ2) is 6.89. The third-order valence-electron chi connectivity index (χ3n) is 2.98. The van der Waals surface area contributed by atoms with Crippen LogP contribution in [0.4, 0.5) is 13.2 Å². The third kappa shape index (κ3) is 4.78. The monoisotopic (exact) mass is 367 g/mol. The van der Waals surface area contributed by atoms with Gasteiger partial charge in [0.2, 0.25) is 10.0 Å². The SMILES string of the molecule is Cc1cc(C)c(S(=O)(=O)N[C@@H](C)C(=O)OC(=O)C(F)(F)F)c(C)c1. The summed E-state index contributed by atoms with van der Waals surface area (Å²) in [5.74, 6) is -4.36. The Morgan fingerprint density at radius 3 is 2.00 bits per heavy atom. The summed E-state index contributed by atoms with van der Waals surface area (Å²) in [6.07, 6.45) is -5.35. The Balaban J connectivity index is 2.99. The number of nitrogens with one attached hydrogen (secondary N) is 1. The van der Waals surface area contributed by atoms with E-state index in [2.05, 4.69) is 4.74 Å². The van der Waals surface area contributed by atoms with E-state index in [4.69, 9.17) is 0 Å². The molecular weight excluding hydrogens is 351 g/mol. The molecule has 1 rings (SSSR count). The van der Waals surface area contributed by atoms with Crippen molar-refractivity contribution in [2.45, 2.75) is 44.8 Å². The fourth-order valence-corrected chi connectivity index (χ4v) is 3.81. The van der Waals surface area contributed by atoms with Crippen LogP contribution >= 0.6 is 0 Å². The zero-order valence-corrected chi connectivity index (χ0v) is 14.1. The minimum Gasteiger partial charge on any atom is -0.385 e. The molecule has 1 N–H and O–H groups in total. The molecule has 0 aliphatic carbocycles. The van der Waals surface area contributed by atoms with Gasteiger partial charge in [-0.15, -0.1) is 0 Å². The van der Waals surface area contributed by atoms with Crippen LogP contribution in [0.5, 0.6) is 0 Å². The summed E-state index contributed by atoms with van der Waals surface area (Å²) in [5.41, 5.74) is 1.64. The lowest BCUT2D eigenvalue weighted by atomic mass is 10.1. The van der Waals surface area contributed by atoms with E-state index in [-0.39, 0.29) is 4.90 Å². The largest absolute Gasteiger partial charge is 0.491 e. The lowest BCUT2D eigenvalue weighted by Gasteiger charge is -2.16. The van der Waals surface area contributed by atoms with Gasteiger partial charge in [0.25, 0.3) is 0 Å². The lowest BCUT2D eigenvalue weighted by Crippen LogP contribution is -2.42. The molecule has 0 saturated heterocycles. The smallest absolute Gasteiger partial charge is 0.385 e. The molecule has 0 amide bonds. The van der Waals surface area contributed by atoms with Crippen LogP contribution in [0.25, 0.3) is 0 Å². The standard InChI is InChI=1S/C14H16F3NO5S/c1-7-5-8(2)11(9(3)6-7)24(21,22)18-10(4)12(19)23-13(20)14(15,16)17/h5-6,10,18H,1-4H3/t10-/m0/s1. The van der Waals surface area contributed by atoms with Crippen LogP contribution in [-0.4, -0.2) is 32.6 Å². The minimum absolute atomic E-state index is 0.0881. The molecule has 0 aliphatic rings. The van der Waals surface area contributed by atoms with Crippen molar-refractivity contribution in [3.8, 4) is 0 Å². The van der Waals surface area contributed by atoms with Crippen molar-refractivity contribution in [1.82, 2.24) is 4.72 Å². The number of hydrogen-bond acceptors (Lipinski definition) is 5. The van der Waals surface area contributed by atoms with E-state index in [9.17, 15) is 31.2 Å². The van der Waals surface area contributed by atoms with Crippen LogP contribution < -0.4 is 4.72 Å². The molecule has 0 saturated carbocycles. The molecule has 24 heavy (non-hydrogen) atoms. The van der Waals surface area contributed by atoms with E-state index in [1.165, 1.54) is 0 Å². The van der Waals surface area contributed by atoms with Crippen LogP contribution in [0, 0.1) is 20.8 Å². The summed E-state index contributed by atoms with van der Waals surface area (Å²) in [5, 5.41) is 0. The number of halogens is 3. The van der Waals surface area contributed by atoms with Crippen molar-refractivity contribution in [3.05, 3.63) is 28.8 Å². The van der Waals surface area contributed by atoms with Crippen LogP contribution in [0.15, 0.2) is 17.0 Å². The van der Waals surface area contributed by atoms with Gasteiger partial charge in [-0.2, -0.15) is 17.9 Å². The van der Waals surface area contributed by atoms with Crippen LogP contribution in [0.1, 0.15) is 23.6 Å². The van der Waals surface area contributed by atoms with Gasteiger partial charge in [0, 0.05) is 0 Å². The molecule has 6 nitrogen and oxygen atoms in total. The number of benzene rings is 1. The summed E-state index contributed by atoms with van der Waals surface area (Å²) >= 11 is 0. The van der Waals surface area contributed by atoms with Crippen molar-refractivity contribution >= 4 is 22.0 Å². The molecule has 0 radical (unpaired) electrons. The van der Waals surface area contributed by atoms with Crippen LogP contribution in [0.2, 0.25) is 0 Å². The molecule has 1 atom stereocenters. The Hall–Kier alpha value is -1.94. The van der Waals surface area contributed by atoms with Crippen LogP contribution in [0.3, 0.4) is 0 Å². The number of carbonyl (C=O) groups is 2. The van der Waals surface area contributed by atoms with Gasteiger partial charge in [-0.25, -0.2) is 18.0 Å². The van der Waals surface area contributed by atoms with Gasteiger partial charge >= 0.3 is 18.1 Å². The number of alkyl halides is 3. The van der Waals surface area contributed by atoms with Gasteiger partial charge in [0.1, 0.15) is 6.04 Å². The van der Waals surface area contributed by atoms with Crippen molar-refractivity contribution in [3.63, 3.8) is 0 Å². The number of esters is 2. The first-order chi connectivity index (χ1) is 10.8. The zero-order valence-electron chi connectivity index (χ0n) is 13.3. The van der Waals surface area contributed by atoms with Gasteiger partial charge < -0.3 is 4.74 Å². The molecule has 0 bridgehead atoms. The molecule has 1 aromatic rings. The van der Waals surface area contributed by atoms with Crippen LogP contribution in [-0.2, 0) is 24.3 Å². The normalized spacial score (nSPS) is 13.5. The average molecular weight is 367 g/mol. The average Bonchev–Trinajstić information content (AvgIpc) is 2.34. The number of carbonyl (C=O) groups excluding carboxylic acids is 2. The number of ether oxygens (including phenoxy) is 1. The van der Waals surface area contributed by atoms with E-state index in [0.29, 0.717) is 11.1 Å². The molecule has 0 spiro atoms. The van der Waals surface area contributed by atoms with E-state index in [1.54, 1.807) is 32.9 Å². The lowest BCUT2D eigenvalue weighted by molar-refractivity contribution is -0.202. The summed E-state index contributed by atoms with van der Waals surface area (Å²) in [7, 11) is -4.20. The maximum absolute atomic E-state index is 12.4. The maximum Gasteiger partial charge on any atom is 0.491 e. The number of sulfonamides is 1. The second-order valence-corrected chi connectivity index (χ2v) is 6.93. The fourth-order valence-electron chi connectivity index (χ4n) is 2.17. The molecule has 10 heteroatoms. The highest BCUT2D eigenvalue weighted by Gasteiger charge is 2.43. The number of hydrogen-bond donors (Lipinski definition) is 1. The van der Waals surface area contributed by atoms with E-state index >= 15 is 0 Å². The summed E-state index contributed by atoms with van der Waals surface area (Å²) < 4.78 is 66.4. The van der Waals surface area contributed by atoms with E-state index in [0.717, 1.165) is 12.5 Å². The van der Waals surface area contributed by atoms with E-state index < -0.39 is 34.2 Å². The topological polar surface area (TPSA) is 89.5 Å². The summed E-state index contributed by atoms with van der Waals surface area (Å²) in [4.78, 5) is 22.0. The van der Waals surface area contributed by atoms with Crippen molar-refractivity contribution in [2.24, 2.45) is 0 Å². The van der Waals surface area contributed by atoms with Gasteiger partial charge in [-0.1, -0.05) is 17.7 Å². The van der Waals surface area contributed by atoms with Crippen molar-refractivity contribution < 1.29 is 35.9 Å². The highest BCUT2D eigenvalue weighted by Crippen LogP contribution is 2.22. The van der Waals surface area contributed by atoms with Crippen molar-refractivity contribution in [1.29, 1.82) is 0 Å². The van der Waals surface area contributed by atoms with E-state index in [1.807, 2.05) is 4.72 Å². The Morgan fingerprint density at radius 1 is 1.12 bits per heavy atom. The third-order valence-corrected chi connectivity index (χ3v) is 4.83. The highest BCUT2D eigenvalue weighted by molar-refractivity contribution is 7.89. The summed E-state index contributed by atoms with van der Waals surface area (Å²) in [6, 6.07) is 1.54. The van der Waals surface area contributed by atoms with Crippen molar-refractivity contribution in [2.75, 3.05) is 0 Å². The zero-order chi connectivity index (χ0) is 18.9. The predicted molar refractivity (Wildman–Crippen MR) is 77.6 cm³/mol. The molecular formula is C14H16F3NO5S. The maximum atomic E-state index is 12.4. The molecule has 0 heterocycles. The van der Waals surface area contributed by atoms with Gasteiger partial charge in [0.05, 0.1) is 4.90 Å². The first kappa shape index (κ1) is 20.1. The second-order valence-electron chi connectivity index (χ2n) is 5.28. The first-order valence-electron chi connectivity index (χ1n) is 6.68. The Kier molecular flexibility index (Phi) is 5.78. The molecule has 1 aromatic carbocycles. The summed E-state index contributed by atoms with van der Waals surface area (Å²) in [6.45, 7) is 5.84. The molecule has 0 unspecified atom stereocenters.